The van der Waals surface area contributed by atoms with Gasteiger partial charge >= 0.3 is 5.97 Å². The minimum absolute atomic E-state index is 0.0362. The SMILES string of the molecule is C[C@H](OC(=O)[C@H]1CC(=O)N(C2CCCC2)C1)C(=O)Nc1ccc(S(N)(=O)=O)cc1. The average Bonchev–Trinajstić information content (AvgIpc) is 3.30. The molecule has 0 bridgehead atoms. The second kappa shape index (κ2) is 8.50. The van der Waals surface area contributed by atoms with Crippen LogP contribution in [0.2, 0.25) is 0 Å². The highest BCUT2D eigenvalue weighted by Crippen LogP contribution is 2.30. The molecule has 1 aromatic carbocycles. The molecule has 1 aliphatic carbocycles. The third-order valence-corrected chi connectivity index (χ3v) is 6.30. The van der Waals surface area contributed by atoms with Crippen molar-refractivity contribution in [3.8, 4) is 0 Å². The first-order valence-electron chi connectivity index (χ1n) is 9.59. The number of esters is 1. The van der Waals surface area contributed by atoms with E-state index >= 15 is 0 Å². The fourth-order valence-electron chi connectivity index (χ4n) is 3.75. The lowest BCUT2D eigenvalue weighted by Crippen LogP contribution is -2.36. The normalized spacial score (nSPS) is 21.2. The fourth-order valence-corrected chi connectivity index (χ4v) is 4.27. The molecule has 3 N–H and O–H groups in total. The summed E-state index contributed by atoms with van der Waals surface area (Å²) in [5, 5.41) is 7.58. The Balaban J connectivity index is 1.52. The summed E-state index contributed by atoms with van der Waals surface area (Å²) in [5.74, 6) is -1.72. The van der Waals surface area contributed by atoms with Crippen molar-refractivity contribution < 1.29 is 27.5 Å². The molecule has 3 rings (SSSR count). The predicted molar refractivity (Wildman–Crippen MR) is 104 cm³/mol. The summed E-state index contributed by atoms with van der Waals surface area (Å²) in [6.45, 7) is 1.78. The number of nitrogens with zero attached hydrogens (tertiary/aromatic N) is 1. The van der Waals surface area contributed by atoms with Gasteiger partial charge in [0.25, 0.3) is 5.91 Å². The number of benzene rings is 1. The largest absolute Gasteiger partial charge is 0.452 e. The molecule has 158 valence electrons. The molecule has 0 spiro atoms. The lowest BCUT2D eigenvalue weighted by Gasteiger charge is -2.24. The number of amides is 2. The first-order chi connectivity index (χ1) is 13.6. The highest BCUT2D eigenvalue weighted by Gasteiger charge is 2.40. The van der Waals surface area contributed by atoms with Crippen molar-refractivity contribution in [1.82, 2.24) is 4.90 Å². The highest BCUT2D eigenvalue weighted by atomic mass is 32.2. The molecule has 9 nitrogen and oxygen atoms in total. The summed E-state index contributed by atoms with van der Waals surface area (Å²) in [4.78, 5) is 38.6. The molecule has 0 unspecified atom stereocenters. The number of ether oxygens (including phenoxy) is 1. The minimum Gasteiger partial charge on any atom is -0.452 e. The van der Waals surface area contributed by atoms with Crippen LogP contribution in [0.15, 0.2) is 29.2 Å². The molecule has 1 aromatic rings. The Bertz CT molecular complexity index is 893. The first-order valence-corrected chi connectivity index (χ1v) is 11.1. The molecular weight excluding hydrogens is 398 g/mol. The number of hydrogen-bond acceptors (Lipinski definition) is 6. The van der Waals surface area contributed by atoms with Gasteiger partial charge in [0.2, 0.25) is 15.9 Å². The molecule has 2 aliphatic rings. The van der Waals surface area contributed by atoms with Crippen molar-refractivity contribution in [2.24, 2.45) is 11.1 Å². The third kappa shape index (κ3) is 5.13. The van der Waals surface area contributed by atoms with Crippen molar-refractivity contribution in [2.45, 2.75) is 56.1 Å². The first kappa shape index (κ1) is 21.3. The summed E-state index contributed by atoms with van der Waals surface area (Å²) in [6, 6.07) is 5.52. The highest BCUT2D eigenvalue weighted by molar-refractivity contribution is 7.89. The van der Waals surface area contributed by atoms with Crippen LogP contribution in [-0.2, 0) is 29.1 Å². The van der Waals surface area contributed by atoms with Gasteiger partial charge in [0.1, 0.15) is 0 Å². The zero-order chi connectivity index (χ0) is 21.2. The molecule has 1 saturated heterocycles. The molecule has 29 heavy (non-hydrogen) atoms. The summed E-state index contributed by atoms with van der Waals surface area (Å²) in [6.07, 6.45) is 3.18. The number of rotatable bonds is 6. The molecule has 2 atom stereocenters. The molecule has 0 aromatic heterocycles. The van der Waals surface area contributed by atoms with Crippen molar-refractivity contribution in [3.63, 3.8) is 0 Å². The maximum Gasteiger partial charge on any atom is 0.312 e. The summed E-state index contributed by atoms with van der Waals surface area (Å²) < 4.78 is 27.8. The molecule has 0 radical (unpaired) electrons. The minimum atomic E-state index is -3.82. The Morgan fingerprint density at radius 3 is 2.41 bits per heavy atom. The van der Waals surface area contributed by atoms with Gasteiger partial charge in [0, 0.05) is 24.7 Å². The van der Waals surface area contributed by atoms with Crippen molar-refractivity contribution >= 4 is 33.5 Å². The number of anilines is 1. The van der Waals surface area contributed by atoms with Crippen LogP contribution in [0.5, 0.6) is 0 Å². The van der Waals surface area contributed by atoms with E-state index in [1.807, 2.05) is 0 Å². The Labute approximate surface area is 169 Å². The van der Waals surface area contributed by atoms with Gasteiger partial charge in [-0.2, -0.15) is 0 Å². The maximum absolute atomic E-state index is 12.4. The number of hydrogen-bond donors (Lipinski definition) is 2. The van der Waals surface area contributed by atoms with Gasteiger partial charge in [-0.15, -0.1) is 0 Å². The van der Waals surface area contributed by atoms with Gasteiger partial charge in [0.05, 0.1) is 10.8 Å². The number of nitrogens with two attached hydrogens (primary N) is 1. The van der Waals surface area contributed by atoms with Crippen LogP contribution in [0, 0.1) is 5.92 Å². The lowest BCUT2D eigenvalue weighted by molar-refractivity contribution is -0.157. The van der Waals surface area contributed by atoms with E-state index in [4.69, 9.17) is 9.88 Å². The predicted octanol–water partition coefficient (Wildman–Crippen LogP) is 0.995. The second-order valence-electron chi connectivity index (χ2n) is 7.52. The molecular formula is C19H25N3O6S. The Morgan fingerprint density at radius 2 is 1.83 bits per heavy atom. The van der Waals surface area contributed by atoms with E-state index in [0.717, 1.165) is 25.7 Å². The number of carbonyl (C=O) groups is 3. The third-order valence-electron chi connectivity index (χ3n) is 5.37. The zero-order valence-corrected chi connectivity index (χ0v) is 17.0. The Morgan fingerprint density at radius 1 is 1.21 bits per heavy atom. The summed E-state index contributed by atoms with van der Waals surface area (Å²) >= 11 is 0. The van der Waals surface area contributed by atoms with Crippen LogP contribution in [0.25, 0.3) is 0 Å². The number of carbonyl (C=O) groups excluding carboxylic acids is 3. The van der Waals surface area contributed by atoms with Crippen molar-refractivity contribution in [2.75, 3.05) is 11.9 Å². The summed E-state index contributed by atoms with van der Waals surface area (Å²) in [5.41, 5.74) is 0.341. The Hall–Kier alpha value is -2.46. The molecule has 2 amide bonds. The Kier molecular flexibility index (Phi) is 6.23. The van der Waals surface area contributed by atoms with Crippen LogP contribution < -0.4 is 10.5 Å². The molecule has 1 saturated carbocycles. The van der Waals surface area contributed by atoms with Crippen molar-refractivity contribution in [1.29, 1.82) is 0 Å². The van der Waals surface area contributed by atoms with Crippen LogP contribution in [0.1, 0.15) is 39.0 Å². The molecule has 1 heterocycles. The lowest BCUT2D eigenvalue weighted by atomic mass is 10.1. The quantitative estimate of drug-likeness (QED) is 0.655. The topological polar surface area (TPSA) is 136 Å². The zero-order valence-electron chi connectivity index (χ0n) is 16.2. The van der Waals surface area contributed by atoms with Gasteiger partial charge in [-0.25, -0.2) is 13.6 Å². The van der Waals surface area contributed by atoms with Gasteiger partial charge in [0.15, 0.2) is 6.10 Å². The van der Waals surface area contributed by atoms with Crippen LogP contribution in [-0.4, -0.2) is 49.8 Å². The molecule has 2 fully saturated rings. The van der Waals surface area contributed by atoms with Crippen LogP contribution in [0.4, 0.5) is 5.69 Å². The monoisotopic (exact) mass is 423 g/mol. The van der Waals surface area contributed by atoms with E-state index in [-0.39, 0.29) is 23.3 Å². The van der Waals surface area contributed by atoms with Gasteiger partial charge in [-0.1, -0.05) is 12.8 Å². The molecule has 10 heteroatoms. The van der Waals surface area contributed by atoms with E-state index in [2.05, 4.69) is 5.32 Å². The van der Waals surface area contributed by atoms with Gasteiger partial charge in [-0.3, -0.25) is 14.4 Å². The number of nitrogens with one attached hydrogen (secondary N) is 1. The van der Waals surface area contributed by atoms with E-state index in [9.17, 15) is 22.8 Å². The molecule has 1 aliphatic heterocycles. The van der Waals surface area contributed by atoms with E-state index < -0.39 is 33.9 Å². The maximum atomic E-state index is 12.4. The van der Waals surface area contributed by atoms with Crippen LogP contribution >= 0.6 is 0 Å². The summed E-state index contributed by atoms with van der Waals surface area (Å²) in [7, 11) is -3.82. The van der Waals surface area contributed by atoms with Crippen molar-refractivity contribution in [3.05, 3.63) is 24.3 Å². The standard InChI is InChI=1S/C19H25N3O6S/c1-12(18(24)21-14-6-8-16(9-7-14)29(20,26)27)28-19(25)13-10-17(23)22(11-13)15-4-2-3-5-15/h6-9,12-13,15H,2-5,10-11H2,1H3,(H,21,24)(H2,20,26,27)/t12-,13-/m0/s1. The number of likely N-dealkylation sites (tertiary alicyclic amines) is 1. The average molecular weight is 423 g/mol. The smallest absolute Gasteiger partial charge is 0.312 e. The number of primary sulfonamides is 1. The number of sulfonamides is 1. The van der Waals surface area contributed by atoms with E-state index in [0.29, 0.717) is 12.2 Å². The van der Waals surface area contributed by atoms with Gasteiger partial charge < -0.3 is 15.0 Å². The van der Waals surface area contributed by atoms with E-state index in [1.54, 1.807) is 4.90 Å². The van der Waals surface area contributed by atoms with Gasteiger partial charge in [-0.05, 0) is 44.0 Å². The van der Waals surface area contributed by atoms with Crippen LogP contribution in [0.3, 0.4) is 0 Å². The fraction of sp³-hybridized carbons (Fsp3) is 0.526. The van der Waals surface area contributed by atoms with E-state index in [1.165, 1.54) is 31.2 Å². The second-order valence-corrected chi connectivity index (χ2v) is 9.08.